The minimum absolute atomic E-state index is 0.145. The number of piperidine rings is 1. The van der Waals surface area contributed by atoms with Crippen LogP contribution in [0, 0.1) is 12.8 Å². The summed E-state index contributed by atoms with van der Waals surface area (Å²) in [4.78, 5) is 14.6. The van der Waals surface area contributed by atoms with Gasteiger partial charge < -0.3 is 24.2 Å². The lowest BCUT2D eigenvalue weighted by molar-refractivity contribution is -0.0651. The quantitative estimate of drug-likeness (QED) is 0.416. The average molecular weight is 484 g/mol. The number of para-hydroxylation sites is 2. The molecular formula is C29H41NO5. The average Bonchev–Trinajstić information content (AvgIpc) is 2.82. The van der Waals surface area contributed by atoms with Gasteiger partial charge in [-0.25, -0.2) is 4.79 Å². The van der Waals surface area contributed by atoms with Gasteiger partial charge in [-0.05, 0) is 77.5 Å². The smallest absolute Gasteiger partial charge is 0.410 e. The van der Waals surface area contributed by atoms with Crippen molar-refractivity contribution in [3.63, 3.8) is 0 Å². The second-order valence-corrected chi connectivity index (χ2v) is 10.5. The number of aliphatic hydroxyl groups is 1. The number of nitrogens with zero attached hydrogens (tertiary/aromatic N) is 1. The Morgan fingerprint density at radius 2 is 1.74 bits per heavy atom. The Kier molecular flexibility index (Phi) is 9.20. The molecule has 0 saturated carbocycles. The lowest BCUT2D eigenvalue weighted by atomic mass is 9.73. The van der Waals surface area contributed by atoms with Crippen LogP contribution in [0.2, 0.25) is 0 Å². The molecule has 2 aromatic rings. The largest absolute Gasteiger partial charge is 0.457 e. The molecule has 192 valence electrons. The van der Waals surface area contributed by atoms with Crippen molar-refractivity contribution in [2.24, 2.45) is 5.92 Å². The monoisotopic (exact) mass is 483 g/mol. The SMILES string of the molecule is COCCCCC(O)(c1ccccc1Oc1ccccc1C)C1CCCN(C(=O)OC(C)(C)C)C1. The molecule has 0 bridgehead atoms. The second kappa shape index (κ2) is 11.9. The number of benzene rings is 2. The van der Waals surface area contributed by atoms with Gasteiger partial charge in [-0.15, -0.1) is 0 Å². The molecule has 1 aliphatic rings. The first-order valence-corrected chi connectivity index (χ1v) is 12.7. The van der Waals surface area contributed by atoms with E-state index in [1.54, 1.807) is 12.0 Å². The van der Waals surface area contributed by atoms with Gasteiger partial charge in [0.2, 0.25) is 0 Å². The summed E-state index contributed by atoms with van der Waals surface area (Å²) in [6.07, 6.45) is 3.50. The van der Waals surface area contributed by atoms with Crippen LogP contribution >= 0.6 is 0 Å². The summed E-state index contributed by atoms with van der Waals surface area (Å²) in [5.41, 5.74) is 0.0683. The van der Waals surface area contributed by atoms with E-state index in [-0.39, 0.29) is 12.0 Å². The molecule has 6 heteroatoms. The number of carbonyl (C=O) groups is 1. The van der Waals surface area contributed by atoms with Crippen molar-refractivity contribution < 1.29 is 24.1 Å². The molecule has 6 nitrogen and oxygen atoms in total. The van der Waals surface area contributed by atoms with Crippen molar-refractivity contribution in [3.05, 3.63) is 59.7 Å². The standard InChI is InChI=1S/C29H41NO5/c1-22-13-6-8-16-25(22)34-26-17-9-7-15-24(26)29(32,18-10-11-20-33-5)23-14-12-19-30(21-23)27(31)35-28(2,3)4/h6-9,13,15-17,23,32H,10-12,14,18-21H2,1-5H3. The van der Waals surface area contributed by atoms with E-state index in [0.29, 0.717) is 31.9 Å². The number of likely N-dealkylation sites (tertiary alicyclic amines) is 1. The van der Waals surface area contributed by atoms with Gasteiger partial charge in [0, 0.05) is 38.3 Å². The van der Waals surface area contributed by atoms with Crippen LogP contribution in [0.25, 0.3) is 0 Å². The molecule has 3 rings (SSSR count). The van der Waals surface area contributed by atoms with Crippen LogP contribution in [-0.2, 0) is 15.1 Å². The molecule has 1 aliphatic heterocycles. The zero-order valence-corrected chi connectivity index (χ0v) is 21.9. The zero-order chi connectivity index (χ0) is 25.5. The first kappa shape index (κ1) is 27.0. The summed E-state index contributed by atoms with van der Waals surface area (Å²) >= 11 is 0. The van der Waals surface area contributed by atoms with Crippen LogP contribution in [0.1, 0.15) is 64.0 Å². The first-order chi connectivity index (χ1) is 16.6. The predicted molar refractivity (Wildman–Crippen MR) is 138 cm³/mol. The van der Waals surface area contributed by atoms with Crippen LogP contribution in [0.5, 0.6) is 11.5 Å². The van der Waals surface area contributed by atoms with Gasteiger partial charge in [0.15, 0.2) is 0 Å². The highest BCUT2D eigenvalue weighted by Gasteiger charge is 2.43. The Hall–Kier alpha value is -2.57. The molecular weight excluding hydrogens is 442 g/mol. The summed E-state index contributed by atoms with van der Waals surface area (Å²) in [5, 5.41) is 12.4. The van der Waals surface area contributed by atoms with Gasteiger partial charge in [0.05, 0.1) is 5.60 Å². The predicted octanol–water partition coefficient (Wildman–Crippen LogP) is 6.44. The van der Waals surface area contributed by atoms with Crippen molar-refractivity contribution in [2.75, 3.05) is 26.8 Å². The van der Waals surface area contributed by atoms with Crippen LogP contribution in [0.4, 0.5) is 4.79 Å². The molecule has 1 N–H and O–H groups in total. The third-order valence-corrected chi connectivity index (χ3v) is 6.57. The fourth-order valence-electron chi connectivity index (χ4n) is 4.76. The third-order valence-electron chi connectivity index (χ3n) is 6.57. The van der Waals surface area contributed by atoms with Crippen LogP contribution in [-0.4, -0.2) is 48.5 Å². The number of methoxy groups -OCH3 is 1. The maximum Gasteiger partial charge on any atom is 0.410 e. The van der Waals surface area contributed by atoms with Crippen molar-refractivity contribution in [3.8, 4) is 11.5 Å². The molecule has 2 unspecified atom stereocenters. The highest BCUT2D eigenvalue weighted by atomic mass is 16.6. The highest BCUT2D eigenvalue weighted by Crippen LogP contribution is 2.44. The molecule has 2 atom stereocenters. The Balaban J connectivity index is 1.92. The lowest BCUT2D eigenvalue weighted by Gasteiger charge is -2.43. The first-order valence-electron chi connectivity index (χ1n) is 12.7. The van der Waals surface area contributed by atoms with E-state index in [1.807, 2.05) is 76.2 Å². The fourth-order valence-corrected chi connectivity index (χ4v) is 4.76. The fraction of sp³-hybridized carbons (Fsp3) is 0.552. The molecule has 35 heavy (non-hydrogen) atoms. The summed E-state index contributed by atoms with van der Waals surface area (Å²) in [6.45, 7) is 9.34. The number of unbranched alkanes of at least 4 members (excludes halogenated alkanes) is 1. The maximum atomic E-state index is 12.8. The van der Waals surface area contributed by atoms with E-state index in [9.17, 15) is 9.90 Å². The number of hydrogen-bond donors (Lipinski definition) is 1. The molecule has 1 heterocycles. The number of amides is 1. The van der Waals surface area contributed by atoms with Crippen LogP contribution in [0.15, 0.2) is 48.5 Å². The van der Waals surface area contributed by atoms with Gasteiger partial charge in [-0.1, -0.05) is 36.4 Å². The Morgan fingerprint density at radius 1 is 1.06 bits per heavy atom. The lowest BCUT2D eigenvalue weighted by Crippen LogP contribution is -2.49. The number of carbonyl (C=O) groups excluding carboxylic acids is 1. The molecule has 0 aliphatic carbocycles. The maximum absolute atomic E-state index is 12.8. The topological polar surface area (TPSA) is 68.2 Å². The molecule has 1 fully saturated rings. The van der Waals surface area contributed by atoms with Gasteiger partial charge >= 0.3 is 6.09 Å². The zero-order valence-electron chi connectivity index (χ0n) is 21.9. The van der Waals surface area contributed by atoms with E-state index < -0.39 is 11.2 Å². The summed E-state index contributed by atoms with van der Waals surface area (Å²) in [7, 11) is 1.69. The van der Waals surface area contributed by atoms with Crippen molar-refractivity contribution in [1.82, 2.24) is 4.90 Å². The van der Waals surface area contributed by atoms with Gasteiger partial charge in [-0.3, -0.25) is 0 Å². The van der Waals surface area contributed by atoms with Crippen LogP contribution < -0.4 is 4.74 Å². The Morgan fingerprint density at radius 3 is 2.43 bits per heavy atom. The van der Waals surface area contributed by atoms with Gasteiger partial charge in [0.1, 0.15) is 17.1 Å². The highest BCUT2D eigenvalue weighted by molar-refractivity contribution is 5.68. The van der Waals surface area contributed by atoms with E-state index in [4.69, 9.17) is 14.2 Å². The summed E-state index contributed by atoms with van der Waals surface area (Å²) in [5.74, 6) is 1.26. The minimum atomic E-state index is -1.16. The number of ether oxygens (including phenoxy) is 3. The second-order valence-electron chi connectivity index (χ2n) is 10.5. The van der Waals surface area contributed by atoms with Crippen molar-refractivity contribution in [1.29, 1.82) is 0 Å². The van der Waals surface area contributed by atoms with E-state index >= 15 is 0 Å². The van der Waals surface area contributed by atoms with Gasteiger partial charge in [-0.2, -0.15) is 0 Å². The minimum Gasteiger partial charge on any atom is -0.457 e. The Bertz CT molecular complexity index is 970. The molecule has 2 aromatic carbocycles. The van der Waals surface area contributed by atoms with Crippen molar-refractivity contribution >= 4 is 6.09 Å². The summed E-state index contributed by atoms with van der Waals surface area (Å²) < 4.78 is 17.2. The normalized spacial score (nSPS) is 18.1. The molecule has 1 amide bonds. The molecule has 1 saturated heterocycles. The van der Waals surface area contributed by atoms with E-state index in [0.717, 1.165) is 42.6 Å². The molecule has 0 spiro atoms. The number of hydrogen-bond acceptors (Lipinski definition) is 5. The van der Waals surface area contributed by atoms with Crippen molar-refractivity contribution in [2.45, 2.75) is 71.0 Å². The molecule has 0 radical (unpaired) electrons. The molecule has 0 aromatic heterocycles. The number of rotatable bonds is 9. The van der Waals surface area contributed by atoms with Crippen LogP contribution in [0.3, 0.4) is 0 Å². The van der Waals surface area contributed by atoms with Gasteiger partial charge in [0.25, 0.3) is 0 Å². The van der Waals surface area contributed by atoms with E-state index in [2.05, 4.69) is 0 Å². The van der Waals surface area contributed by atoms with E-state index in [1.165, 1.54) is 0 Å². The Labute approximate surface area is 210 Å². The third kappa shape index (κ3) is 7.21. The number of aryl methyl sites for hydroxylation is 1. The summed E-state index contributed by atoms with van der Waals surface area (Å²) in [6, 6.07) is 15.6.